The number of morpholine rings is 1. The normalized spacial score (nSPS) is 14.6. The van der Waals surface area contributed by atoms with Crippen LogP contribution in [-0.2, 0) is 30.7 Å². The van der Waals surface area contributed by atoms with Crippen molar-refractivity contribution in [3.8, 4) is 5.75 Å². The Kier molecular flexibility index (Phi) is 12.6. The molecule has 2 N–H and O–H groups in total. The average molecular weight is 572 g/mol. The molecule has 1 aliphatic rings. The van der Waals surface area contributed by atoms with E-state index < -0.39 is 0 Å². The van der Waals surface area contributed by atoms with E-state index in [1.807, 2.05) is 12.1 Å². The first-order valence-electron chi connectivity index (χ1n) is 11.7. The Morgan fingerprint density at radius 1 is 1.15 bits per heavy atom. The van der Waals surface area contributed by atoms with Gasteiger partial charge in [0.25, 0.3) is 0 Å². The highest BCUT2D eigenvalue weighted by molar-refractivity contribution is 14.0. The zero-order chi connectivity index (χ0) is 22.6. The number of aromatic nitrogens is 1. The van der Waals surface area contributed by atoms with Gasteiger partial charge in [-0.05, 0) is 31.0 Å². The number of nitrogens with one attached hydrogen (secondary N) is 2. The fourth-order valence-electron chi connectivity index (χ4n) is 3.67. The van der Waals surface area contributed by atoms with Gasteiger partial charge < -0.3 is 24.6 Å². The van der Waals surface area contributed by atoms with Gasteiger partial charge in [-0.15, -0.1) is 24.0 Å². The lowest BCUT2D eigenvalue weighted by Gasteiger charge is -2.26. The second kappa shape index (κ2) is 15.1. The minimum Gasteiger partial charge on any atom is -0.492 e. The molecule has 1 fully saturated rings. The van der Waals surface area contributed by atoms with Crippen molar-refractivity contribution in [3.63, 3.8) is 0 Å². The summed E-state index contributed by atoms with van der Waals surface area (Å²) in [6, 6.07) is 8.16. The third kappa shape index (κ3) is 8.78. The van der Waals surface area contributed by atoms with E-state index in [4.69, 9.17) is 19.0 Å². The number of halogens is 1. The van der Waals surface area contributed by atoms with Gasteiger partial charge >= 0.3 is 0 Å². The molecular formula is C24H38IN5O3. The first-order chi connectivity index (χ1) is 15.7. The van der Waals surface area contributed by atoms with E-state index in [9.17, 15) is 0 Å². The molecule has 0 unspecified atom stereocenters. The van der Waals surface area contributed by atoms with Crippen LogP contribution in [0.15, 0.2) is 33.8 Å². The molecule has 2 heterocycles. The van der Waals surface area contributed by atoms with Gasteiger partial charge in [0.1, 0.15) is 18.1 Å². The summed E-state index contributed by atoms with van der Waals surface area (Å²) in [6.07, 6.45) is 1.68. The molecule has 0 radical (unpaired) electrons. The minimum atomic E-state index is 0. The third-order valence-corrected chi connectivity index (χ3v) is 5.48. The molecule has 3 rings (SSSR count). The monoisotopic (exact) mass is 571 g/mol. The highest BCUT2D eigenvalue weighted by atomic mass is 127. The zero-order valence-electron chi connectivity index (χ0n) is 20.1. The van der Waals surface area contributed by atoms with Crippen molar-refractivity contribution in [1.82, 2.24) is 20.7 Å². The number of benzene rings is 1. The number of aryl methyl sites for hydroxylation is 2. The van der Waals surface area contributed by atoms with Crippen LogP contribution in [0.4, 0.5) is 0 Å². The number of hydrogen-bond acceptors (Lipinski definition) is 6. The van der Waals surface area contributed by atoms with E-state index in [1.165, 1.54) is 0 Å². The van der Waals surface area contributed by atoms with Crippen molar-refractivity contribution in [1.29, 1.82) is 0 Å². The third-order valence-electron chi connectivity index (χ3n) is 5.48. The molecule has 1 aromatic carbocycles. The Hall–Kier alpha value is -1.85. The second-order valence-corrected chi connectivity index (χ2v) is 7.74. The number of rotatable bonds is 11. The van der Waals surface area contributed by atoms with Gasteiger partial charge in [-0.2, -0.15) is 0 Å². The van der Waals surface area contributed by atoms with E-state index in [-0.39, 0.29) is 24.0 Å². The largest absolute Gasteiger partial charge is 0.492 e. The summed E-state index contributed by atoms with van der Waals surface area (Å²) in [6.45, 7) is 13.4. The molecule has 0 atom stereocenters. The summed E-state index contributed by atoms with van der Waals surface area (Å²) in [4.78, 5) is 7.13. The SMILES string of the molecule is CCNC(=NCc1cccc(OCCN2CCOCC2)c1)NCc1c(CC)noc1CC.I. The molecule has 1 saturated heterocycles. The first kappa shape index (κ1) is 27.4. The summed E-state index contributed by atoms with van der Waals surface area (Å²) in [5.74, 6) is 2.59. The van der Waals surface area contributed by atoms with Crippen LogP contribution in [0.25, 0.3) is 0 Å². The molecule has 1 aliphatic heterocycles. The van der Waals surface area contributed by atoms with Crippen LogP contribution in [0.5, 0.6) is 5.75 Å². The first-order valence-corrected chi connectivity index (χ1v) is 11.7. The van der Waals surface area contributed by atoms with Crippen molar-refractivity contribution in [2.24, 2.45) is 4.99 Å². The maximum atomic E-state index is 5.97. The Labute approximate surface area is 214 Å². The standard InChI is InChI=1S/C24H37N5O3.HI/c1-4-22-21(23(5-2)32-28-22)18-27-24(25-6-3)26-17-19-8-7-9-20(16-19)31-15-12-29-10-13-30-14-11-29;/h7-9,16H,4-6,10-15,17-18H2,1-3H3,(H2,25,26,27);1H. The molecule has 0 aliphatic carbocycles. The van der Waals surface area contributed by atoms with Gasteiger partial charge in [0.15, 0.2) is 5.96 Å². The summed E-state index contributed by atoms with van der Waals surface area (Å²) in [7, 11) is 0. The zero-order valence-corrected chi connectivity index (χ0v) is 22.4. The van der Waals surface area contributed by atoms with Gasteiger partial charge in [-0.25, -0.2) is 4.99 Å². The molecular weight excluding hydrogens is 533 g/mol. The van der Waals surface area contributed by atoms with E-state index in [0.29, 0.717) is 19.7 Å². The number of hydrogen-bond donors (Lipinski definition) is 2. The van der Waals surface area contributed by atoms with Gasteiger partial charge in [0, 0.05) is 44.7 Å². The number of ether oxygens (including phenoxy) is 2. The fourth-order valence-corrected chi connectivity index (χ4v) is 3.67. The highest BCUT2D eigenvalue weighted by Gasteiger charge is 2.14. The lowest BCUT2D eigenvalue weighted by Crippen LogP contribution is -2.38. The summed E-state index contributed by atoms with van der Waals surface area (Å²) >= 11 is 0. The van der Waals surface area contributed by atoms with E-state index in [2.05, 4.69) is 53.6 Å². The lowest BCUT2D eigenvalue weighted by atomic mass is 10.1. The molecule has 2 aromatic rings. The lowest BCUT2D eigenvalue weighted by molar-refractivity contribution is 0.0322. The number of nitrogens with zero attached hydrogens (tertiary/aromatic N) is 3. The van der Waals surface area contributed by atoms with Crippen molar-refractivity contribution >= 4 is 29.9 Å². The van der Waals surface area contributed by atoms with Crippen molar-refractivity contribution in [3.05, 3.63) is 46.8 Å². The minimum absolute atomic E-state index is 0. The van der Waals surface area contributed by atoms with Gasteiger partial charge in [0.05, 0.1) is 25.5 Å². The van der Waals surface area contributed by atoms with Crippen molar-refractivity contribution < 1.29 is 14.0 Å². The maximum Gasteiger partial charge on any atom is 0.191 e. The smallest absolute Gasteiger partial charge is 0.191 e. The average Bonchev–Trinajstić information content (AvgIpc) is 3.24. The Bertz CT molecular complexity index is 831. The molecule has 9 heteroatoms. The van der Waals surface area contributed by atoms with Crippen molar-refractivity contribution in [2.75, 3.05) is 46.0 Å². The highest BCUT2D eigenvalue weighted by Crippen LogP contribution is 2.16. The molecule has 0 spiro atoms. The van der Waals surface area contributed by atoms with Crippen LogP contribution >= 0.6 is 24.0 Å². The number of aliphatic imine (C=N–C) groups is 1. The second-order valence-electron chi connectivity index (χ2n) is 7.74. The molecule has 184 valence electrons. The van der Waals surface area contributed by atoms with Crippen molar-refractivity contribution in [2.45, 2.75) is 46.7 Å². The molecule has 8 nitrogen and oxygen atoms in total. The van der Waals surface area contributed by atoms with Gasteiger partial charge in [-0.1, -0.05) is 31.1 Å². The Morgan fingerprint density at radius 3 is 2.70 bits per heavy atom. The van der Waals surface area contributed by atoms with E-state index in [1.54, 1.807) is 0 Å². The topological polar surface area (TPSA) is 84.2 Å². The van der Waals surface area contributed by atoms with Gasteiger partial charge in [-0.3, -0.25) is 4.90 Å². The van der Waals surface area contributed by atoms with E-state index >= 15 is 0 Å². The van der Waals surface area contributed by atoms with Gasteiger partial charge in [0.2, 0.25) is 0 Å². The van der Waals surface area contributed by atoms with Crippen LogP contribution < -0.4 is 15.4 Å². The van der Waals surface area contributed by atoms with Crippen LogP contribution in [0.3, 0.4) is 0 Å². The molecule has 0 bridgehead atoms. The Balaban J connectivity index is 0.00000385. The predicted molar refractivity (Wildman–Crippen MR) is 142 cm³/mol. The number of guanidine groups is 1. The summed E-state index contributed by atoms with van der Waals surface area (Å²) < 4.78 is 16.8. The molecule has 33 heavy (non-hydrogen) atoms. The Morgan fingerprint density at radius 2 is 1.97 bits per heavy atom. The summed E-state index contributed by atoms with van der Waals surface area (Å²) in [5, 5.41) is 10.9. The predicted octanol–water partition coefficient (Wildman–Crippen LogP) is 3.38. The summed E-state index contributed by atoms with van der Waals surface area (Å²) in [5.41, 5.74) is 3.25. The molecule has 0 amide bonds. The van der Waals surface area contributed by atoms with E-state index in [0.717, 1.165) is 86.5 Å². The molecule has 1 aromatic heterocycles. The van der Waals surface area contributed by atoms with Crippen LogP contribution in [0, 0.1) is 0 Å². The quantitative estimate of drug-likeness (QED) is 0.243. The van der Waals surface area contributed by atoms with Crippen LogP contribution in [-0.4, -0.2) is 62.0 Å². The molecule has 0 saturated carbocycles. The maximum absolute atomic E-state index is 5.97. The van der Waals surface area contributed by atoms with Crippen LogP contribution in [0.2, 0.25) is 0 Å². The van der Waals surface area contributed by atoms with Crippen LogP contribution in [0.1, 0.15) is 43.4 Å². The fraction of sp³-hybridized carbons (Fsp3) is 0.583.